The zero-order valence-electron chi connectivity index (χ0n) is 18.1. The Morgan fingerprint density at radius 1 is 1.00 bits per heavy atom. The van der Waals surface area contributed by atoms with Gasteiger partial charge in [0.05, 0.1) is 19.8 Å². The maximum absolute atomic E-state index is 12.6. The highest BCUT2D eigenvalue weighted by atomic mass is 16.5. The molecule has 0 aliphatic rings. The van der Waals surface area contributed by atoms with E-state index in [1.807, 2.05) is 19.1 Å². The van der Waals surface area contributed by atoms with Crippen LogP contribution in [0.5, 0.6) is 17.2 Å². The van der Waals surface area contributed by atoms with E-state index in [-0.39, 0.29) is 17.7 Å². The Bertz CT molecular complexity index is 867. The van der Waals surface area contributed by atoms with E-state index in [2.05, 4.69) is 5.32 Å². The molecule has 1 amide bonds. The van der Waals surface area contributed by atoms with Crippen LogP contribution in [-0.4, -0.2) is 45.2 Å². The number of hydrogen-bond donors (Lipinski definition) is 1. The topological polar surface area (TPSA) is 83.1 Å². The van der Waals surface area contributed by atoms with Gasteiger partial charge in [-0.2, -0.15) is 0 Å². The standard InChI is InChI=1S/C23H29NO6/c1-15(18-9-10-21(22(14-18)28-5)29-12-11-27-4)24-23(26)17(3)30-20-8-6-7-19(13-20)16(2)25/h6-10,13-15,17H,11-12H2,1-5H3,(H,24,26). The Morgan fingerprint density at radius 2 is 1.77 bits per heavy atom. The normalized spacial score (nSPS) is 12.6. The molecule has 0 aliphatic heterocycles. The fourth-order valence-corrected chi connectivity index (χ4v) is 2.77. The van der Waals surface area contributed by atoms with Crippen LogP contribution in [0.15, 0.2) is 42.5 Å². The Morgan fingerprint density at radius 3 is 2.43 bits per heavy atom. The number of rotatable bonds is 11. The van der Waals surface area contributed by atoms with Crippen LogP contribution >= 0.6 is 0 Å². The van der Waals surface area contributed by atoms with Gasteiger partial charge in [-0.05, 0) is 50.6 Å². The quantitative estimate of drug-likeness (QED) is 0.446. The molecule has 2 unspecified atom stereocenters. The number of carbonyl (C=O) groups is 2. The van der Waals surface area contributed by atoms with Gasteiger partial charge in [-0.15, -0.1) is 0 Å². The zero-order valence-corrected chi connectivity index (χ0v) is 18.1. The third-order valence-electron chi connectivity index (χ3n) is 4.51. The van der Waals surface area contributed by atoms with E-state index in [4.69, 9.17) is 18.9 Å². The van der Waals surface area contributed by atoms with Crippen LogP contribution in [0.25, 0.3) is 0 Å². The van der Waals surface area contributed by atoms with Gasteiger partial charge < -0.3 is 24.3 Å². The van der Waals surface area contributed by atoms with Gasteiger partial charge in [-0.1, -0.05) is 18.2 Å². The summed E-state index contributed by atoms with van der Waals surface area (Å²) in [5.41, 5.74) is 1.40. The minimum Gasteiger partial charge on any atom is -0.493 e. The van der Waals surface area contributed by atoms with Crippen molar-refractivity contribution in [1.29, 1.82) is 0 Å². The highest BCUT2D eigenvalue weighted by Crippen LogP contribution is 2.30. The molecule has 0 aromatic heterocycles. The maximum Gasteiger partial charge on any atom is 0.261 e. The number of ketones is 1. The summed E-state index contributed by atoms with van der Waals surface area (Å²) in [7, 11) is 3.18. The monoisotopic (exact) mass is 415 g/mol. The molecule has 0 fully saturated rings. The van der Waals surface area contributed by atoms with Crippen molar-refractivity contribution >= 4 is 11.7 Å². The SMILES string of the molecule is COCCOc1ccc(C(C)NC(=O)C(C)Oc2cccc(C(C)=O)c2)cc1OC. The van der Waals surface area contributed by atoms with Crippen molar-refractivity contribution in [2.24, 2.45) is 0 Å². The van der Waals surface area contributed by atoms with Crippen molar-refractivity contribution in [2.75, 3.05) is 27.4 Å². The van der Waals surface area contributed by atoms with Crippen molar-refractivity contribution < 1.29 is 28.5 Å². The smallest absolute Gasteiger partial charge is 0.261 e. The molecular weight excluding hydrogens is 386 g/mol. The van der Waals surface area contributed by atoms with E-state index in [0.717, 1.165) is 5.56 Å². The van der Waals surface area contributed by atoms with Gasteiger partial charge >= 0.3 is 0 Å². The molecule has 0 spiro atoms. The van der Waals surface area contributed by atoms with Gasteiger partial charge in [-0.25, -0.2) is 0 Å². The molecule has 2 aromatic carbocycles. The molecule has 0 radical (unpaired) electrons. The number of methoxy groups -OCH3 is 2. The Balaban J connectivity index is 2.00. The molecule has 0 bridgehead atoms. The van der Waals surface area contributed by atoms with E-state index in [1.165, 1.54) is 6.92 Å². The number of Topliss-reactive ketones (excluding diaryl/α,β-unsaturated/α-hetero) is 1. The number of hydrogen-bond acceptors (Lipinski definition) is 6. The van der Waals surface area contributed by atoms with Crippen molar-refractivity contribution in [3.8, 4) is 17.2 Å². The van der Waals surface area contributed by atoms with Gasteiger partial charge in [0.2, 0.25) is 0 Å². The van der Waals surface area contributed by atoms with E-state index in [9.17, 15) is 9.59 Å². The summed E-state index contributed by atoms with van der Waals surface area (Å²) in [4.78, 5) is 24.1. The first-order valence-corrected chi connectivity index (χ1v) is 9.73. The molecule has 162 valence electrons. The number of ether oxygens (including phenoxy) is 4. The second-order valence-corrected chi connectivity index (χ2v) is 6.83. The molecule has 2 aromatic rings. The average molecular weight is 415 g/mol. The van der Waals surface area contributed by atoms with E-state index in [0.29, 0.717) is 36.0 Å². The third kappa shape index (κ3) is 6.49. The lowest BCUT2D eigenvalue weighted by Crippen LogP contribution is -2.37. The summed E-state index contributed by atoms with van der Waals surface area (Å²) in [6, 6.07) is 12.0. The van der Waals surface area contributed by atoms with Crippen LogP contribution < -0.4 is 19.5 Å². The van der Waals surface area contributed by atoms with Crippen LogP contribution in [0.3, 0.4) is 0 Å². The summed E-state index contributed by atoms with van der Waals surface area (Å²) in [6.07, 6.45) is -0.729. The summed E-state index contributed by atoms with van der Waals surface area (Å²) in [6.45, 7) is 5.92. The van der Waals surface area contributed by atoms with Gasteiger partial charge in [0.25, 0.3) is 5.91 Å². The second-order valence-electron chi connectivity index (χ2n) is 6.83. The number of nitrogens with one attached hydrogen (secondary N) is 1. The van der Waals surface area contributed by atoms with Crippen molar-refractivity contribution in [2.45, 2.75) is 32.9 Å². The molecule has 7 heteroatoms. The minimum atomic E-state index is -0.729. The van der Waals surface area contributed by atoms with E-state index < -0.39 is 6.10 Å². The van der Waals surface area contributed by atoms with Crippen LogP contribution in [-0.2, 0) is 9.53 Å². The molecule has 0 heterocycles. The Labute approximate surface area is 177 Å². The van der Waals surface area contributed by atoms with E-state index in [1.54, 1.807) is 51.5 Å². The minimum absolute atomic E-state index is 0.0604. The fourth-order valence-electron chi connectivity index (χ4n) is 2.77. The van der Waals surface area contributed by atoms with Gasteiger partial charge in [0.1, 0.15) is 12.4 Å². The average Bonchev–Trinajstić information content (AvgIpc) is 2.74. The lowest BCUT2D eigenvalue weighted by molar-refractivity contribution is -0.127. The van der Waals surface area contributed by atoms with Crippen molar-refractivity contribution in [3.05, 3.63) is 53.6 Å². The van der Waals surface area contributed by atoms with Crippen LogP contribution in [0.1, 0.15) is 42.7 Å². The zero-order chi connectivity index (χ0) is 22.1. The molecule has 0 saturated carbocycles. The lowest BCUT2D eigenvalue weighted by atomic mass is 10.1. The van der Waals surface area contributed by atoms with Crippen LogP contribution in [0.2, 0.25) is 0 Å². The summed E-state index contributed by atoms with van der Waals surface area (Å²) >= 11 is 0. The summed E-state index contributed by atoms with van der Waals surface area (Å²) < 4.78 is 21.7. The highest BCUT2D eigenvalue weighted by Gasteiger charge is 2.19. The molecule has 0 aliphatic carbocycles. The third-order valence-corrected chi connectivity index (χ3v) is 4.51. The molecule has 0 saturated heterocycles. The van der Waals surface area contributed by atoms with E-state index >= 15 is 0 Å². The number of amides is 1. The van der Waals surface area contributed by atoms with Crippen molar-refractivity contribution in [1.82, 2.24) is 5.32 Å². The first-order chi connectivity index (χ1) is 14.3. The predicted molar refractivity (Wildman–Crippen MR) is 113 cm³/mol. The molecule has 7 nitrogen and oxygen atoms in total. The molecule has 30 heavy (non-hydrogen) atoms. The molecular formula is C23H29NO6. The first-order valence-electron chi connectivity index (χ1n) is 9.73. The summed E-state index contributed by atoms with van der Waals surface area (Å²) in [5, 5.41) is 2.93. The highest BCUT2D eigenvalue weighted by molar-refractivity contribution is 5.94. The molecule has 2 rings (SSSR count). The molecule has 1 N–H and O–H groups in total. The van der Waals surface area contributed by atoms with Gasteiger partial charge in [0.15, 0.2) is 23.4 Å². The Kier molecular flexibility index (Phi) is 8.68. The number of carbonyl (C=O) groups excluding carboxylic acids is 2. The Hall–Kier alpha value is -3.06. The maximum atomic E-state index is 12.6. The number of benzene rings is 2. The largest absolute Gasteiger partial charge is 0.493 e. The predicted octanol–water partition coefficient (Wildman–Crippen LogP) is 3.57. The van der Waals surface area contributed by atoms with Crippen molar-refractivity contribution in [3.63, 3.8) is 0 Å². The lowest BCUT2D eigenvalue weighted by Gasteiger charge is -2.20. The van der Waals surface area contributed by atoms with Gasteiger partial charge in [0, 0.05) is 12.7 Å². The summed E-state index contributed by atoms with van der Waals surface area (Å²) in [5.74, 6) is 1.33. The van der Waals surface area contributed by atoms with Crippen LogP contribution in [0.4, 0.5) is 0 Å². The van der Waals surface area contributed by atoms with Crippen LogP contribution in [0, 0.1) is 0 Å². The second kappa shape index (κ2) is 11.2. The fraction of sp³-hybridized carbons (Fsp3) is 0.391. The molecule has 2 atom stereocenters. The first kappa shape index (κ1) is 23.2. The van der Waals surface area contributed by atoms with Gasteiger partial charge in [-0.3, -0.25) is 9.59 Å².